The third-order valence-electron chi connectivity index (χ3n) is 2.85. The van der Waals surface area contributed by atoms with Crippen LogP contribution in [-0.4, -0.2) is 43.7 Å². The van der Waals surface area contributed by atoms with Crippen LogP contribution in [0.15, 0.2) is 6.33 Å². The van der Waals surface area contributed by atoms with Gasteiger partial charge in [-0.15, -0.1) is 5.10 Å². The Labute approximate surface area is 110 Å². The highest BCUT2D eigenvalue weighted by atomic mass is 16.2. The van der Waals surface area contributed by atoms with Gasteiger partial charge in [0.15, 0.2) is 0 Å². The molecule has 0 unspecified atom stereocenters. The van der Waals surface area contributed by atoms with Crippen LogP contribution in [0, 0.1) is 11.3 Å². The van der Waals surface area contributed by atoms with Crippen molar-refractivity contribution in [2.24, 2.45) is 0 Å². The van der Waals surface area contributed by atoms with Gasteiger partial charge in [-0.3, -0.25) is 14.4 Å². The molecular weight excluding hydrogens is 248 g/mol. The van der Waals surface area contributed by atoms with Gasteiger partial charge < -0.3 is 5.32 Å². The Morgan fingerprint density at radius 2 is 2.16 bits per heavy atom. The van der Waals surface area contributed by atoms with Crippen molar-refractivity contribution < 1.29 is 9.59 Å². The standard InChI is InChI=1S/C11H14N6O2/c1-11(2)9(18)17(10(19)14-11)5-3-4-16-7-13-8(6-12)15-16/h7H,3-5H2,1-2H3,(H,14,19). The normalized spacial score (nSPS) is 17.4. The lowest BCUT2D eigenvalue weighted by atomic mass is 10.1. The summed E-state index contributed by atoms with van der Waals surface area (Å²) in [6, 6.07) is 1.46. The number of hydrogen-bond donors (Lipinski definition) is 1. The van der Waals surface area contributed by atoms with Gasteiger partial charge in [0.1, 0.15) is 17.9 Å². The highest BCUT2D eigenvalue weighted by Gasteiger charge is 2.43. The lowest BCUT2D eigenvalue weighted by Crippen LogP contribution is -2.40. The van der Waals surface area contributed by atoms with Gasteiger partial charge in [-0.1, -0.05) is 0 Å². The topological polar surface area (TPSA) is 104 Å². The van der Waals surface area contributed by atoms with Crippen molar-refractivity contribution in [3.63, 3.8) is 0 Å². The maximum Gasteiger partial charge on any atom is 0.325 e. The van der Waals surface area contributed by atoms with E-state index in [1.54, 1.807) is 13.8 Å². The Balaban J connectivity index is 1.88. The fourth-order valence-corrected chi connectivity index (χ4v) is 1.87. The van der Waals surface area contributed by atoms with Crippen LogP contribution in [0.3, 0.4) is 0 Å². The summed E-state index contributed by atoms with van der Waals surface area (Å²) in [6.45, 7) is 4.15. The molecule has 2 heterocycles. The molecule has 0 aromatic carbocycles. The minimum Gasteiger partial charge on any atom is -0.324 e. The number of amides is 3. The number of imide groups is 1. The van der Waals surface area contributed by atoms with E-state index in [2.05, 4.69) is 15.4 Å². The quantitative estimate of drug-likeness (QED) is 0.761. The molecular formula is C11H14N6O2. The molecule has 1 aromatic heterocycles. The smallest absolute Gasteiger partial charge is 0.324 e. The van der Waals surface area contributed by atoms with Gasteiger partial charge in [0, 0.05) is 13.1 Å². The largest absolute Gasteiger partial charge is 0.325 e. The Bertz CT molecular complexity index is 556. The molecule has 8 heteroatoms. The molecule has 0 radical (unpaired) electrons. The molecule has 0 saturated carbocycles. The first-order chi connectivity index (χ1) is 8.94. The molecule has 1 N–H and O–H groups in total. The van der Waals surface area contributed by atoms with Crippen LogP contribution < -0.4 is 5.32 Å². The summed E-state index contributed by atoms with van der Waals surface area (Å²) in [5.41, 5.74) is -0.835. The van der Waals surface area contributed by atoms with Crippen LogP contribution in [0.2, 0.25) is 0 Å². The molecule has 100 valence electrons. The van der Waals surface area contributed by atoms with Crippen molar-refractivity contribution in [2.45, 2.75) is 32.4 Å². The van der Waals surface area contributed by atoms with Crippen molar-refractivity contribution in [1.82, 2.24) is 25.0 Å². The summed E-state index contributed by atoms with van der Waals surface area (Å²) in [5, 5.41) is 15.1. The van der Waals surface area contributed by atoms with E-state index in [0.717, 1.165) is 0 Å². The van der Waals surface area contributed by atoms with E-state index in [1.165, 1.54) is 15.9 Å². The number of rotatable bonds is 4. The minimum absolute atomic E-state index is 0.108. The van der Waals surface area contributed by atoms with Gasteiger partial charge in [-0.2, -0.15) is 5.26 Å². The zero-order valence-electron chi connectivity index (χ0n) is 10.8. The molecule has 0 aliphatic carbocycles. The predicted octanol–water partition coefficient (Wildman–Crippen LogP) is -0.130. The number of aromatic nitrogens is 3. The van der Waals surface area contributed by atoms with Gasteiger partial charge in [0.2, 0.25) is 0 Å². The number of carbonyl (C=O) groups excluding carboxylic acids is 2. The van der Waals surface area contributed by atoms with E-state index in [0.29, 0.717) is 19.5 Å². The molecule has 0 bridgehead atoms. The summed E-state index contributed by atoms with van der Waals surface area (Å²) >= 11 is 0. The first-order valence-corrected chi connectivity index (χ1v) is 5.88. The first-order valence-electron chi connectivity index (χ1n) is 5.88. The molecule has 1 aliphatic heterocycles. The molecule has 1 saturated heterocycles. The van der Waals surface area contributed by atoms with E-state index in [-0.39, 0.29) is 17.8 Å². The maximum atomic E-state index is 11.9. The highest BCUT2D eigenvalue weighted by Crippen LogP contribution is 2.16. The Kier molecular flexibility index (Phi) is 3.21. The highest BCUT2D eigenvalue weighted by molar-refractivity contribution is 6.06. The molecule has 0 atom stereocenters. The van der Waals surface area contributed by atoms with E-state index in [4.69, 9.17) is 5.26 Å². The SMILES string of the molecule is CC1(C)NC(=O)N(CCCn2cnc(C#N)n2)C1=O. The summed E-state index contributed by atoms with van der Waals surface area (Å²) in [6.07, 6.45) is 2.01. The van der Waals surface area contributed by atoms with Gasteiger partial charge >= 0.3 is 6.03 Å². The Hall–Kier alpha value is -2.43. The second kappa shape index (κ2) is 4.68. The van der Waals surface area contributed by atoms with E-state index >= 15 is 0 Å². The van der Waals surface area contributed by atoms with E-state index in [1.807, 2.05) is 6.07 Å². The third-order valence-corrected chi connectivity index (χ3v) is 2.85. The fraction of sp³-hybridized carbons (Fsp3) is 0.545. The third kappa shape index (κ3) is 2.54. The van der Waals surface area contributed by atoms with Gasteiger partial charge in [-0.25, -0.2) is 9.78 Å². The average molecular weight is 262 g/mol. The van der Waals surface area contributed by atoms with Crippen LogP contribution in [-0.2, 0) is 11.3 Å². The molecule has 0 spiro atoms. The van der Waals surface area contributed by atoms with Gasteiger partial charge in [0.25, 0.3) is 11.7 Å². The maximum absolute atomic E-state index is 11.9. The number of urea groups is 1. The molecule has 1 aliphatic rings. The number of nitriles is 1. The summed E-state index contributed by atoms with van der Waals surface area (Å²) in [7, 11) is 0. The molecule has 1 fully saturated rings. The Morgan fingerprint density at radius 1 is 1.42 bits per heavy atom. The molecule has 2 rings (SSSR count). The zero-order valence-corrected chi connectivity index (χ0v) is 10.8. The van der Waals surface area contributed by atoms with E-state index in [9.17, 15) is 9.59 Å². The minimum atomic E-state index is -0.835. The summed E-state index contributed by atoms with van der Waals surface area (Å²) < 4.78 is 1.52. The summed E-state index contributed by atoms with van der Waals surface area (Å²) in [4.78, 5) is 28.5. The number of nitrogens with zero attached hydrogens (tertiary/aromatic N) is 5. The van der Waals surface area contributed by atoms with Crippen molar-refractivity contribution >= 4 is 11.9 Å². The predicted molar refractivity (Wildman–Crippen MR) is 63.7 cm³/mol. The monoisotopic (exact) mass is 262 g/mol. The fourth-order valence-electron chi connectivity index (χ4n) is 1.87. The van der Waals surface area contributed by atoms with Gasteiger partial charge in [0.05, 0.1) is 0 Å². The lowest BCUT2D eigenvalue weighted by molar-refractivity contribution is -0.130. The van der Waals surface area contributed by atoms with Crippen LogP contribution in [0.1, 0.15) is 26.1 Å². The number of hydrogen-bond acceptors (Lipinski definition) is 5. The second-order valence-electron chi connectivity index (χ2n) is 4.81. The van der Waals surface area contributed by atoms with Crippen LogP contribution in [0.5, 0.6) is 0 Å². The first kappa shape index (κ1) is 13.0. The number of nitrogens with one attached hydrogen (secondary N) is 1. The zero-order chi connectivity index (χ0) is 14.0. The molecule has 3 amide bonds. The van der Waals surface area contributed by atoms with Crippen LogP contribution >= 0.6 is 0 Å². The van der Waals surface area contributed by atoms with Gasteiger partial charge in [-0.05, 0) is 20.3 Å². The van der Waals surface area contributed by atoms with Crippen LogP contribution in [0.25, 0.3) is 0 Å². The van der Waals surface area contributed by atoms with Crippen molar-refractivity contribution in [1.29, 1.82) is 5.26 Å². The second-order valence-corrected chi connectivity index (χ2v) is 4.81. The molecule has 1 aromatic rings. The van der Waals surface area contributed by atoms with Crippen molar-refractivity contribution in [3.8, 4) is 6.07 Å². The lowest BCUT2D eigenvalue weighted by Gasteiger charge is -2.15. The van der Waals surface area contributed by atoms with E-state index < -0.39 is 5.54 Å². The number of aryl methyl sites for hydroxylation is 1. The van der Waals surface area contributed by atoms with Crippen molar-refractivity contribution in [3.05, 3.63) is 12.2 Å². The molecule has 8 nitrogen and oxygen atoms in total. The van der Waals surface area contributed by atoms with Crippen molar-refractivity contribution in [2.75, 3.05) is 6.54 Å². The molecule has 19 heavy (non-hydrogen) atoms. The summed E-state index contributed by atoms with van der Waals surface area (Å²) in [5.74, 6) is -0.120. The average Bonchev–Trinajstić information content (AvgIpc) is 2.87. The Morgan fingerprint density at radius 3 is 2.68 bits per heavy atom. The van der Waals surface area contributed by atoms with Crippen LogP contribution in [0.4, 0.5) is 4.79 Å². The number of carbonyl (C=O) groups is 2.